The smallest absolute Gasteiger partial charge is 0.0589 e. The molecule has 4 rings (SSSR count). The molecule has 3 aliphatic carbocycles. The molecule has 0 aromatic carbocycles. The van der Waals surface area contributed by atoms with E-state index in [-0.39, 0.29) is 0 Å². The largest absolute Gasteiger partial charge is 0.383 e. The quantitative estimate of drug-likeness (QED) is 0.583. The zero-order valence-corrected chi connectivity index (χ0v) is 20.5. The lowest BCUT2D eigenvalue weighted by molar-refractivity contribution is -0.214. The predicted octanol–water partition coefficient (Wildman–Crippen LogP) is 4.58. The summed E-state index contributed by atoms with van der Waals surface area (Å²) in [7, 11) is 3.65. The van der Waals surface area contributed by atoms with E-state index in [9.17, 15) is 0 Å². The minimum Gasteiger partial charge on any atom is -0.383 e. The summed E-state index contributed by atoms with van der Waals surface area (Å²) in [5.41, 5.74) is 1.65. The summed E-state index contributed by atoms with van der Waals surface area (Å²) in [6.07, 6.45) is 11.5. The van der Waals surface area contributed by atoms with Crippen LogP contribution in [0.5, 0.6) is 0 Å². The lowest BCUT2D eigenvalue weighted by Gasteiger charge is -2.70. The molecule has 1 aliphatic heterocycles. The van der Waals surface area contributed by atoms with Gasteiger partial charge < -0.3 is 14.8 Å². The van der Waals surface area contributed by atoms with Crippen molar-refractivity contribution in [1.82, 2.24) is 10.2 Å². The monoisotopic (exact) mass is 420 g/mol. The van der Waals surface area contributed by atoms with Crippen LogP contribution in [-0.4, -0.2) is 64.6 Å². The first-order chi connectivity index (χ1) is 14.4. The van der Waals surface area contributed by atoms with Crippen molar-refractivity contribution in [3.63, 3.8) is 0 Å². The Morgan fingerprint density at radius 1 is 0.933 bits per heavy atom. The Morgan fingerprint density at radius 2 is 1.73 bits per heavy atom. The van der Waals surface area contributed by atoms with Crippen LogP contribution in [0.1, 0.15) is 72.1 Å². The summed E-state index contributed by atoms with van der Waals surface area (Å²) in [5, 5.41) is 3.69. The molecule has 174 valence electrons. The molecule has 0 bridgehead atoms. The third-order valence-electron chi connectivity index (χ3n) is 10.2. The van der Waals surface area contributed by atoms with Gasteiger partial charge in [0.05, 0.1) is 13.2 Å². The molecule has 4 aliphatic rings. The molecule has 1 N–H and O–H groups in total. The van der Waals surface area contributed by atoms with Crippen LogP contribution in [0, 0.1) is 34.0 Å². The molecular formula is C26H48N2O2. The van der Waals surface area contributed by atoms with Gasteiger partial charge in [0.25, 0.3) is 0 Å². The fourth-order valence-corrected chi connectivity index (χ4v) is 8.93. The van der Waals surface area contributed by atoms with Crippen LogP contribution in [0.25, 0.3) is 0 Å². The third kappa shape index (κ3) is 3.89. The predicted molar refractivity (Wildman–Crippen MR) is 124 cm³/mol. The Morgan fingerprint density at radius 3 is 2.50 bits per heavy atom. The first-order valence-electron chi connectivity index (χ1n) is 12.8. The van der Waals surface area contributed by atoms with Gasteiger partial charge in [0.2, 0.25) is 0 Å². The Labute approximate surface area is 185 Å². The molecule has 4 heteroatoms. The Balaban J connectivity index is 1.56. The van der Waals surface area contributed by atoms with Crippen LogP contribution in [0.15, 0.2) is 0 Å². The number of hydrogen-bond acceptors (Lipinski definition) is 4. The molecule has 0 amide bonds. The van der Waals surface area contributed by atoms with E-state index in [1.54, 1.807) is 7.11 Å². The van der Waals surface area contributed by atoms with E-state index in [0.717, 1.165) is 56.6 Å². The van der Waals surface area contributed by atoms with Gasteiger partial charge in [-0.1, -0.05) is 27.2 Å². The molecule has 1 heterocycles. The van der Waals surface area contributed by atoms with Gasteiger partial charge in [-0.3, -0.25) is 4.90 Å². The van der Waals surface area contributed by atoms with Crippen LogP contribution in [0.3, 0.4) is 0 Å². The molecule has 30 heavy (non-hydrogen) atoms. The second-order valence-electron chi connectivity index (χ2n) is 12.1. The van der Waals surface area contributed by atoms with Gasteiger partial charge in [0, 0.05) is 45.3 Å². The number of likely N-dealkylation sites (tertiary alicyclic amines) is 1. The molecule has 3 saturated carbocycles. The van der Waals surface area contributed by atoms with Crippen LogP contribution >= 0.6 is 0 Å². The SMILES string of the molecule is COCCNCC1CCC2[C@@]3(C)CCCC(C)(C)C3CC[C@]23CN(CCOC)[C@@H]3C1. The van der Waals surface area contributed by atoms with Crippen LogP contribution in [0.2, 0.25) is 0 Å². The van der Waals surface area contributed by atoms with E-state index in [0.29, 0.717) is 16.2 Å². The number of hydrogen-bond donors (Lipinski definition) is 1. The van der Waals surface area contributed by atoms with Crippen molar-refractivity contribution >= 4 is 0 Å². The minimum absolute atomic E-state index is 0.525. The van der Waals surface area contributed by atoms with Gasteiger partial charge in [-0.2, -0.15) is 0 Å². The summed E-state index contributed by atoms with van der Waals surface area (Å²) in [6, 6.07) is 0.775. The van der Waals surface area contributed by atoms with E-state index >= 15 is 0 Å². The number of methoxy groups -OCH3 is 2. The highest BCUT2D eigenvalue weighted by Gasteiger charge is 2.66. The number of nitrogens with one attached hydrogen (secondary N) is 1. The summed E-state index contributed by atoms with van der Waals surface area (Å²) in [6.45, 7) is 14.2. The van der Waals surface area contributed by atoms with Gasteiger partial charge in [0.15, 0.2) is 0 Å². The summed E-state index contributed by atoms with van der Waals surface area (Å²) in [4.78, 5) is 2.79. The van der Waals surface area contributed by atoms with Gasteiger partial charge >= 0.3 is 0 Å². The maximum atomic E-state index is 5.48. The van der Waals surface area contributed by atoms with Crippen LogP contribution in [0.4, 0.5) is 0 Å². The average Bonchev–Trinajstić information content (AvgIpc) is 2.81. The van der Waals surface area contributed by atoms with E-state index < -0.39 is 0 Å². The lowest BCUT2D eigenvalue weighted by atomic mass is 9.40. The first kappa shape index (κ1) is 23.0. The second kappa shape index (κ2) is 9.00. The van der Waals surface area contributed by atoms with Gasteiger partial charge in [-0.05, 0) is 80.1 Å². The van der Waals surface area contributed by atoms with Crippen LogP contribution < -0.4 is 5.32 Å². The van der Waals surface area contributed by atoms with E-state index in [2.05, 4.69) is 31.0 Å². The number of nitrogens with zero attached hydrogens (tertiary/aromatic N) is 1. The van der Waals surface area contributed by atoms with E-state index in [4.69, 9.17) is 9.47 Å². The van der Waals surface area contributed by atoms with Crippen molar-refractivity contribution in [2.45, 2.75) is 78.2 Å². The van der Waals surface area contributed by atoms with Gasteiger partial charge in [-0.15, -0.1) is 0 Å². The summed E-state index contributed by atoms with van der Waals surface area (Å²) in [5.74, 6) is 2.63. The van der Waals surface area contributed by atoms with E-state index in [1.165, 1.54) is 57.9 Å². The van der Waals surface area contributed by atoms with Crippen LogP contribution in [-0.2, 0) is 9.47 Å². The third-order valence-corrected chi connectivity index (χ3v) is 10.2. The topological polar surface area (TPSA) is 33.7 Å². The normalized spacial score (nSPS) is 43.1. The highest BCUT2D eigenvalue weighted by molar-refractivity contribution is 5.17. The molecule has 6 atom stereocenters. The Hall–Kier alpha value is -0.160. The van der Waals surface area contributed by atoms with Crippen molar-refractivity contribution in [3.05, 3.63) is 0 Å². The number of rotatable bonds is 8. The maximum Gasteiger partial charge on any atom is 0.0589 e. The Kier molecular flexibility index (Phi) is 6.90. The highest BCUT2D eigenvalue weighted by atomic mass is 16.5. The van der Waals surface area contributed by atoms with Crippen molar-refractivity contribution in [2.75, 3.05) is 53.6 Å². The molecule has 0 aromatic heterocycles. The Bertz CT molecular complexity index is 581. The number of ether oxygens (including phenoxy) is 2. The van der Waals surface area contributed by atoms with E-state index in [1.807, 2.05) is 7.11 Å². The molecule has 0 radical (unpaired) electrons. The van der Waals surface area contributed by atoms with Gasteiger partial charge in [0.1, 0.15) is 0 Å². The molecule has 4 nitrogen and oxygen atoms in total. The van der Waals surface area contributed by atoms with Crippen molar-refractivity contribution in [2.24, 2.45) is 34.0 Å². The zero-order valence-electron chi connectivity index (χ0n) is 20.5. The van der Waals surface area contributed by atoms with Crippen molar-refractivity contribution in [1.29, 1.82) is 0 Å². The average molecular weight is 421 g/mol. The van der Waals surface area contributed by atoms with Crippen molar-refractivity contribution < 1.29 is 9.47 Å². The highest BCUT2D eigenvalue weighted by Crippen LogP contribution is 2.69. The standard InChI is InChI=1S/C26H48N2O2/c1-24(2)10-6-11-25(3)21(24)9-12-26-19-28(14-16-30-5)23(26)17-20(7-8-22(25)26)18-27-13-15-29-4/h20-23,27H,6-19H2,1-5H3/t20?,21?,22?,23-,25+,26+/m1/s1. The fourth-order valence-electron chi connectivity index (χ4n) is 8.93. The molecule has 1 spiro atoms. The molecular weight excluding hydrogens is 372 g/mol. The molecule has 4 fully saturated rings. The minimum atomic E-state index is 0.525. The van der Waals surface area contributed by atoms with Gasteiger partial charge in [-0.25, -0.2) is 0 Å². The molecule has 0 aromatic rings. The second-order valence-corrected chi connectivity index (χ2v) is 12.1. The summed E-state index contributed by atoms with van der Waals surface area (Å²) < 4.78 is 10.7. The lowest BCUT2D eigenvalue weighted by Crippen LogP contribution is -2.72. The van der Waals surface area contributed by atoms with Crippen molar-refractivity contribution in [3.8, 4) is 0 Å². The summed E-state index contributed by atoms with van der Waals surface area (Å²) >= 11 is 0. The zero-order chi connectivity index (χ0) is 21.4. The fraction of sp³-hybridized carbons (Fsp3) is 1.00. The first-order valence-corrected chi connectivity index (χ1v) is 12.8. The molecule has 3 unspecified atom stereocenters. The molecule has 1 saturated heterocycles. The number of fused-ring (bicyclic) bond motifs is 2. The maximum absolute atomic E-state index is 5.48.